The van der Waals surface area contributed by atoms with Gasteiger partial charge < -0.3 is 24.9 Å². The summed E-state index contributed by atoms with van der Waals surface area (Å²) in [6.07, 6.45) is 1.41. The van der Waals surface area contributed by atoms with E-state index in [1.807, 2.05) is 0 Å². The number of aliphatic hydroxyl groups excluding tert-OH is 2. The molecular weight excluding hydrogens is 368 g/mol. The molecule has 0 spiro atoms. The standard InChI is InChI=1S/C19H21ClN4O3/c1-19(27,10-2-4-11(20)5-3-10)13-8-14(16(26)15(13)25)24-7-6-12-17(21)22-9-23-18(12)24/h2-7,9,13-16,25-27H,8H2,1H3,(H2,21,22,23)/t13-,14+,15+,16-,19+/m0/s1. The topological polar surface area (TPSA) is 118 Å². The maximum atomic E-state index is 11.2. The zero-order chi connectivity index (χ0) is 19.3. The molecule has 1 saturated carbocycles. The number of halogens is 1. The largest absolute Gasteiger partial charge is 0.390 e. The van der Waals surface area contributed by atoms with Crippen molar-refractivity contribution in [1.29, 1.82) is 5.41 Å². The monoisotopic (exact) mass is 388 g/mol. The maximum Gasteiger partial charge on any atom is 0.157 e. The quantitative estimate of drug-likeness (QED) is 0.469. The number of nitrogens with one attached hydrogen (secondary N) is 2. The third-order valence-electron chi connectivity index (χ3n) is 5.72. The highest BCUT2D eigenvalue weighted by atomic mass is 35.5. The third-order valence-corrected chi connectivity index (χ3v) is 5.98. The predicted octanol–water partition coefficient (Wildman–Crippen LogP) is 1.69. The minimum absolute atomic E-state index is 0.139. The fourth-order valence-electron chi connectivity index (χ4n) is 4.14. The summed E-state index contributed by atoms with van der Waals surface area (Å²) in [7, 11) is 0. The molecule has 0 amide bonds. The number of benzene rings is 1. The van der Waals surface area contributed by atoms with Gasteiger partial charge >= 0.3 is 0 Å². The summed E-state index contributed by atoms with van der Waals surface area (Å²) < 4.78 is 1.81. The number of hydrogen-bond donors (Lipinski definition) is 5. The summed E-state index contributed by atoms with van der Waals surface area (Å²) in [6.45, 7) is 1.64. The lowest BCUT2D eigenvalue weighted by molar-refractivity contribution is -0.0752. The molecule has 0 saturated heterocycles. The molecule has 8 heteroatoms. The van der Waals surface area contributed by atoms with Gasteiger partial charge in [0.15, 0.2) is 5.49 Å². The highest BCUT2D eigenvalue weighted by Gasteiger charge is 2.50. The van der Waals surface area contributed by atoms with Crippen molar-refractivity contribution in [1.82, 2.24) is 14.5 Å². The molecule has 142 valence electrons. The maximum absolute atomic E-state index is 11.2. The lowest BCUT2D eigenvalue weighted by atomic mass is 9.80. The number of fused-ring (bicyclic) bond motifs is 1. The van der Waals surface area contributed by atoms with E-state index >= 15 is 0 Å². The van der Waals surface area contributed by atoms with Crippen LogP contribution in [0.25, 0.3) is 11.0 Å². The molecule has 2 aromatic heterocycles. The van der Waals surface area contributed by atoms with Gasteiger partial charge in [0.25, 0.3) is 0 Å². The zero-order valence-corrected chi connectivity index (χ0v) is 15.4. The van der Waals surface area contributed by atoms with Crippen LogP contribution in [-0.2, 0) is 5.60 Å². The summed E-state index contributed by atoms with van der Waals surface area (Å²) in [6, 6.07) is 8.15. The van der Waals surface area contributed by atoms with Crippen LogP contribution in [0, 0.1) is 11.3 Å². The summed E-state index contributed by atoms with van der Waals surface area (Å²) in [4.78, 5) is 6.92. The average Bonchev–Trinajstić information content (AvgIpc) is 3.19. The van der Waals surface area contributed by atoms with E-state index in [1.54, 1.807) is 48.0 Å². The SMILES string of the molecule is C[C@@](O)(c1ccc(Cl)cc1)[C@H]1C[C@@H](n2ccc3c(=N)nc[nH]c32)[C@H](O)[C@@H]1O. The van der Waals surface area contributed by atoms with E-state index in [9.17, 15) is 15.3 Å². The number of hydrogen-bond acceptors (Lipinski definition) is 5. The molecule has 1 aliphatic rings. The van der Waals surface area contributed by atoms with E-state index in [-0.39, 0.29) is 5.49 Å². The molecule has 27 heavy (non-hydrogen) atoms. The van der Waals surface area contributed by atoms with Gasteiger partial charge in [-0.2, -0.15) is 0 Å². The first kappa shape index (κ1) is 18.2. The Hall–Kier alpha value is -2.19. The molecule has 0 bridgehead atoms. The molecule has 0 unspecified atom stereocenters. The average molecular weight is 389 g/mol. The molecule has 1 aliphatic carbocycles. The first-order chi connectivity index (χ1) is 12.8. The zero-order valence-electron chi connectivity index (χ0n) is 14.7. The molecule has 0 aliphatic heterocycles. The molecule has 3 aromatic rings. The van der Waals surface area contributed by atoms with Gasteiger partial charge in [-0.25, -0.2) is 4.98 Å². The molecule has 7 nitrogen and oxygen atoms in total. The third kappa shape index (κ3) is 2.87. The minimum Gasteiger partial charge on any atom is -0.390 e. The molecule has 5 atom stereocenters. The minimum atomic E-state index is -1.34. The van der Waals surface area contributed by atoms with Gasteiger partial charge in [0.2, 0.25) is 0 Å². The second kappa shape index (κ2) is 6.45. The fraction of sp³-hybridized carbons (Fsp3) is 0.368. The van der Waals surface area contributed by atoms with Crippen molar-refractivity contribution < 1.29 is 15.3 Å². The Morgan fingerprint density at radius 3 is 2.63 bits per heavy atom. The van der Waals surface area contributed by atoms with Gasteiger partial charge in [-0.1, -0.05) is 23.7 Å². The lowest BCUT2D eigenvalue weighted by Crippen LogP contribution is -2.39. The first-order valence-corrected chi connectivity index (χ1v) is 9.12. The normalized spacial score (nSPS) is 27.7. The van der Waals surface area contributed by atoms with Gasteiger partial charge in [-0.15, -0.1) is 0 Å². The molecule has 2 heterocycles. The molecule has 1 aromatic carbocycles. The highest BCUT2D eigenvalue weighted by Crippen LogP contribution is 2.45. The lowest BCUT2D eigenvalue weighted by Gasteiger charge is -2.33. The number of aliphatic hydroxyl groups is 3. The van der Waals surface area contributed by atoms with E-state index in [0.717, 1.165) is 0 Å². The van der Waals surface area contributed by atoms with E-state index in [4.69, 9.17) is 17.0 Å². The summed E-state index contributed by atoms with van der Waals surface area (Å²) >= 11 is 5.93. The van der Waals surface area contributed by atoms with Crippen LogP contribution in [0.1, 0.15) is 24.9 Å². The van der Waals surface area contributed by atoms with Crippen molar-refractivity contribution >= 4 is 22.6 Å². The van der Waals surface area contributed by atoms with Gasteiger partial charge in [0.1, 0.15) is 11.8 Å². The van der Waals surface area contributed by atoms with Crippen LogP contribution < -0.4 is 5.49 Å². The number of aromatic nitrogens is 3. The Morgan fingerprint density at radius 1 is 1.22 bits per heavy atom. The molecule has 1 fully saturated rings. The van der Waals surface area contributed by atoms with E-state index in [0.29, 0.717) is 28.0 Å². The van der Waals surface area contributed by atoms with Gasteiger partial charge in [-0.05, 0) is 37.1 Å². The van der Waals surface area contributed by atoms with Gasteiger partial charge in [0, 0.05) is 17.1 Å². The molecular formula is C19H21ClN4O3. The van der Waals surface area contributed by atoms with Crippen LogP contribution in [0.3, 0.4) is 0 Å². The van der Waals surface area contributed by atoms with Crippen LogP contribution in [0.4, 0.5) is 0 Å². The van der Waals surface area contributed by atoms with Crippen molar-refractivity contribution in [2.24, 2.45) is 5.92 Å². The Balaban J connectivity index is 1.71. The van der Waals surface area contributed by atoms with E-state index in [1.165, 1.54) is 6.33 Å². The number of nitrogens with zero attached hydrogens (tertiary/aromatic N) is 2. The van der Waals surface area contributed by atoms with Crippen LogP contribution in [0.2, 0.25) is 5.02 Å². The van der Waals surface area contributed by atoms with Crippen molar-refractivity contribution in [3.05, 3.63) is 58.9 Å². The Labute approximate surface area is 160 Å². The van der Waals surface area contributed by atoms with Gasteiger partial charge in [-0.3, -0.25) is 5.41 Å². The second-order valence-electron chi connectivity index (χ2n) is 7.28. The van der Waals surface area contributed by atoms with Crippen molar-refractivity contribution in [3.63, 3.8) is 0 Å². The van der Waals surface area contributed by atoms with Crippen LogP contribution >= 0.6 is 11.6 Å². The first-order valence-electron chi connectivity index (χ1n) is 8.74. The Kier molecular flexibility index (Phi) is 4.35. The van der Waals surface area contributed by atoms with Gasteiger partial charge in [0.05, 0.1) is 29.5 Å². The molecule has 0 radical (unpaired) electrons. The second-order valence-corrected chi connectivity index (χ2v) is 7.72. The fourth-order valence-corrected chi connectivity index (χ4v) is 4.27. The van der Waals surface area contributed by atoms with Crippen LogP contribution in [-0.4, -0.2) is 42.1 Å². The molecule has 4 rings (SSSR count). The van der Waals surface area contributed by atoms with E-state index in [2.05, 4.69) is 9.97 Å². The number of H-pyrrole nitrogens is 1. The summed E-state index contributed by atoms with van der Waals surface area (Å²) in [5, 5.41) is 41.7. The van der Waals surface area contributed by atoms with Crippen molar-refractivity contribution in [2.75, 3.05) is 0 Å². The van der Waals surface area contributed by atoms with Crippen LogP contribution in [0.5, 0.6) is 0 Å². The number of rotatable bonds is 3. The Bertz CT molecular complexity index is 1030. The predicted molar refractivity (Wildman–Crippen MR) is 100 cm³/mol. The van der Waals surface area contributed by atoms with Crippen molar-refractivity contribution in [2.45, 2.75) is 37.2 Å². The number of aromatic amines is 1. The van der Waals surface area contributed by atoms with Crippen molar-refractivity contribution in [3.8, 4) is 0 Å². The van der Waals surface area contributed by atoms with Crippen LogP contribution in [0.15, 0.2) is 42.9 Å². The highest BCUT2D eigenvalue weighted by molar-refractivity contribution is 6.30. The summed E-state index contributed by atoms with van der Waals surface area (Å²) in [5.41, 5.74) is 0.0813. The molecule has 5 N–H and O–H groups in total. The smallest absolute Gasteiger partial charge is 0.157 e. The summed E-state index contributed by atoms with van der Waals surface area (Å²) in [5.74, 6) is -0.576. The Morgan fingerprint density at radius 2 is 1.93 bits per heavy atom. The van der Waals surface area contributed by atoms with E-state index < -0.39 is 29.8 Å².